The number of nitrogens with zero attached hydrogens (tertiary/aromatic N) is 2. The van der Waals surface area contributed by atoms with Crippen molar-refractivity contribution in [2.75, 3.05) is 6.61 Å². The van der Waals surface area contributed by atoms with E-state index in [4.69, 9.17) is 23.5 Å². The molecule has 0 bridgehead atoms. The van der Waals surface area contributed by atoms with E-state index >= 15 is 0 Å². The molecule has 2 aliphatic rings. The van der Waals surface area contributed by atoms with Gasteiger partial charge in [0.1, 0.15) is 12.2 Å². The van der Waals surface area contributed by atoms with E-state index in [-0.39, 0.29) is 28.9 Å². The third-order valence-corrected chi connectivity index (χ3v) is 19.0. The highest BCUT2D eigenvalue weighted by Crippen LogP contribution is 2.52. The summed E-state index contributed by atoms with van der Waals surface area (Å²) in [5.41, 5.74) is 3.80. The van der Waals surface area contributed by atoms with E-state index < -0.39 is 62.0 Å². The number of nitrogens with two attached hydrogens (primary N) is 1. The molecule has 1 aromatic rings. The lowest BCUT2D eigenvalue weighted by Crippen LogP contribution is -2.59. The van der Waals surface area contributed by atoms with Crippen LogP contribution in [0.5, 0.6) is 0 Å². The summed E-state index contributed by atoms with van der Waals surface area (Å²) in [6, 6.07) is 0. The molecule has 1 saturated heterocycles. The Hall–Kier alpha value is -1.82. The number of aryl methyl sites for hydroxylation is 1. The van der Waals surface area contributed by atoms with E-state index in [1.165, 1.54) is 16.8 Å². The maximum atomic E-state index is 13.7. The zero-order valence-electron chi connectivity index (χ0n) is 26.2. The maximum absolute atomic E-state index is 13.7. The number of ether oxygens (including phenoxy) is 1. The number of rotatable bonds is 8. The second kappa shape index (κ2) is 10.7. The van der Waals surface area contributed by atoms with Crippen molar-refractivity contribution in [3.05, 3.63) is 56.4 Å². The van der Waals surface area contributed by atoms with Crippen molar-refractivity contribution >= 4 is 26.8 Å². The summed E-state index contributed by atoms with van der Waals surface area (Å²) in [5.74, 6) is 0. The zero-order valence-corrected chi connectivity index (χ0v) is 29.0. The van der Waals surface area contributed by atoms with E-state index in [2.05, 4.69) is 40.4 Å². The van der Waals surface area contributed by atoms with Gasteiger partial charge >= 0.3 is 5.69 Å². The average molecular weight is 630 g/mol. The van der Waals surface area contributed by atoms with Crippen molar-refractivity contribution < 1.29 is 26.2 Å². The van der Waals surface area contributed by atoms with Gasteiger partial charge in [-0.3, -0.25) is 13.9 Å². The highest BCUT2D eigenvalue weighted by molar-refractivity contribution is 7.90. The molecular weight excluding hydrogens is 583 g/mol. The van der Waals surface area contributed by atoms with E-state index in [9.17, 15) is 18.0 Å². The molecular formula is C27H47N3O8SSi2. The third-order valence-electron chi connectivity index (χ3n) is 9.02. The summed E-state index contributed by atoms with van der Waals surface area (Å²) in [5, 5.41) is 0.438. The molecule has 2 N–H and O–H groups in total. The van der Waals surface area contributed by atoms with Gasteiger partial charge in [-0.2, -0.15) is 8.42 Å². The summed E-state index contributed by atoms with van der Waals surface area (Å²) in [4.78, 5) is 26.6. The minimum absolute atomic E-state index is 0.0181. The van der Waals surface area contributed by atoms with Gasteiger partial charge in [-0.05, 0) is 43.2 Å². The summed E-state index contributed by atoms with van der Waals surface area (Å²) >= 11 is 0. The minimum Gasteiger partial charge on any atom is -0.414 e. The first-order chi connectivity index (χ1) is 18.4. The second-order valence-electron chi connectivity index (χ2n) is 14.0. The lowest BCUT2D eigenvalue weighted by Gasteiger charge is -2.43. The first kappa shape index (κ1) is 33.7. The largest absolute Gasteiger partial charge is 0.414 e. The van der Waals surface area contributed by atoms with Crippen molar-refractivity contribution in [2.45, 2.75) is 115 Å². The smallest absolute Gasteiger partial charge is 0.333 e. The first-order valence-corrected chi connectivity index (χ1v) is 21.0. The Balaban J connectivity index is 2.30. The summed E-state index contributed by atoms with van der Waals surface area (Å²) in [6.07, 6.45) is -0.518. The molecule has 14 heteroatoms. The van der Waals surface area contributed by atoms with Crippen LogP contribution in [0.1, 0.15) is 53.3 Å². The van der Waals surface area contributed by atoms with Gasteiger partial charge in [0.2, 0.25) is 0 Å². The lowest BCUT2D eigenvalue weighted by molar-refractivity contribution is -0.0567. The average Bonchev–Trinajstić information content (AvgIpc) is 3.22. The van der Waals surface area contributed by atoms with Crippen LogP contribution in [0.25, 0.3) is 0 Å². The van der Waals surface area contributed by atoms with Gasteiger partial charge in [0.05, 0.1) is 17.7 Å². The standard InChI is InChI=1S/C27H47N3O8SSi2/c1-13-14-29-22(31)18(2)15-30(24(29)32)23-21(37-41(11,12)26(6,7)8)27(19(28)17-39(33,34)38-27)20(36-23)16-35-40(9,10)25(3,4)5/h13,15,17,20-21,23H,1,14,16,28H2,2-12H3/t20-,21+,23-,27-/m1/s1. The van der Waals surface area contributed by atoms with E-state index in [1.807, 2.05) is 33.9 Å². The van der Waals surface area contributed by atoms with Crippen LogP contribution in [0, 0.1) is 6.92 Å². The van der Waals surface area contributed by atoms with Gasteiger partial charge in [-0.1, -0.05) is 47.6 Å². The third kappa shape index (κ3) is 6.01. The normalized spacial score (nSPS) is 26.9. The fourth-order valence-electron chi connectivity index (χ4n) is 4.44. The highest BCUT2D eigenvalue weighted by atomic mass is 32.2. The number of aromatic nitrogens is 2. The molecule has 3 heterocycles. The quantitative estimate of drug-likeness (QED) is 0.259. The molecule has 3 rings (SSSR count). The number of hydrogen-bond acceptors (Lipinski definition) is 9. The molecule has 0 aromatic carbocycles. The van der Waals surface area contributed by atoms with Gasteiger partial charge in [-0.15, -0.1) is 6.58 Å². The molecule has 1 aromatic heterocycles. The molecule has 41 heavy (non-hydrogen) atoms. The second-order valence-corrected chi connectivity index (χ2v) is 25.0. The Kier molecular flexibility index (Phi) is 8.81. The summed E-state index contributed by atoms with van der Waals surface area (Å²) < 4.78 is 53.9. The molecule has 4 atom stereocenters. The van der Waals surface area contributed by atoms with Crippen LogP contribution in [0.3, 0.4) is 0 Å². The molecule has 1 fully saturated rings. The predicted molar refractivity (Wildman–Crippen MR) is 164 cm³/mol. The molecule has 1 spiro atoms. The Labute approximate surface area is 245 Å². The van der Waals surface area contributed by atoms with Gasteiger partial charge < -0.3 is 19.3 Å². The Morgan fingerprint density at radius 3 is 2.12 bits per heavy atom. The van der Waals surface area contributed by atoms with Crippen molar-refractivity contribution in [3.8, 4) is 0 Å². The monoisotopic (exact) mass is 629 g/mol. The van der Waals surface area contributed by atoms with Crippen LogP contribution in [-0.4, -0.2) is 58.6 Å². The van der Waals surface area contributed by atoms with Gasteiger partial charge in [0, 0.05) is 18.3 Å². The molecule has 0 saturated carbocycles. The van der Waals surface area contributed by atoms with Gasteiger partial charge in [-0.25, -0.2) is 8.98 Å². The van der Waals surface area contributed by atoms with E-state index in [1.54, 1.807) is 6.92 Å². The highest BCUT2D eigenvalue weighted by Gasteiger charge is 2.67. The fourth-order valence-corrected chi connectivity index (χ4v) is 7.95. The topological polar surface area (TPSA) is 141 Å². The van der Waals surface area contributed by atoms with Gasteiger partial charge in [0.15, 0.2) is 28.5 Å². The molecule has 2 aliphatic heterocycles. The lowest BCUT2D eigenvalue weighted by atomic mass is 9.89. The minimum atomic E-state index is -4.21. The fraction of sp³-hybridized carbons (Fsp3) is 0.704. The molecule has 232 valence electrons. The Morgan fingerprint density at radius 1 is 1.10 bits per heavy atom. The van der Waals surface area contributed by atoms with Crippen LogP contribution in [-0.2, 0) is 34.4 Å². The summed E-state index contributed by atoms with van der Waals surface area (Å²) in [7, 11) is -9.23. The molecule has 0 amide bonds. The van der Waals surface area contributed by atoms with Crippen molar-refractivity contribution in [1.82, 2.24) is 9.13 Å². The maximum Gasteiger partial charge on any atom is 0.333 e. The Morgan fingerprint density at radius 2 is 1.66 bits per heavy atom. The van der Waals surface area contributed by atoms with E-state index in [0.29, 0.717) is 5.56 Å². The SMILES string of the molecule is C=CCn1c(=O)c(C)cn([C@@H]2O[C@H](CO[Si](C)(C)C(C)(C)C)[C@@]3(OS(=O)(=O)C=C3N)[C@H]2O[Si](C)(C)C(C)(C)C)c1=O. The Bertz CT molecular complexity index is 1450. The predicted octanol–water partition coefficient (Wildman–Crippen LogP) is 3.71. The number of allylic oxidation sites excluding steroid dienone is 1. The van der Waals surface area contributed by atoms with Crippen molar-refractivity contribution in [2.24, 2.45) is 5.73 Å². The molecule has 0 unspecified atom stereocenters. The molecule has 0 aliphatic carbocycles. The van der Waals surface area contributed by atoms with Crippen LogP contribution in [0.4, 0.5) is 0 Å². The van der Waals surface area contributed by atoms with Crippen LogP contribution >= 0.6 is 0 Å². The molecule has 0 radical (unpaired) electrons. The van der Waals surface area contributed by atoms with Crippen LogP contribution in [0.2, 0.25) is 36.3 Å². The van der Waals surface area contributed by atoms with Crippen molar-refractivity contribution in [3.63, 3.8) is 0 Å². The van der Waals surface area contributed by atoms with Crippen molar-refractivity contribution in [1.29, 1.82) is 0 Å². The van der Waals surface area contributed by atoms with Crippen LogP contribution in [0.15, 0.2) is 39.5 Å². The zero-order chi connectivity index (χ0) is 31.6. The summed E-state index contributed by atoms with van der Waals surface area (Å²) in [6.45, 7) is 25.7. The van der Waals surface area contributed by atoms with Gasteiger partial charge in [0.25, 0.3) is 15.7 Å². The number of hydrogen-bond donors (Lipinski definition) is 1. The van der Waals surface area contributed by atoms with E-state index in [0.717, 1.165) is 9.98 Å². The molecule has 11 nitrogen and oxygen atoms in total. The first-order valence-electron chi connectivity index (χ1n) is 13.8. The van der Waals surface area contributed by atoms with Crippen LogP contribution < -0.4 is 17.0 Å².